The third-order valence-corrected chi connectivity index (χ3v) is 4.33. The third-order valence-electron chi connectivity index (χ3n) is 4.33. The molecule has 0 saturated heterocycles. The van der Waals surface area contributed by atoms with E-state index in [1.807, 2.05) is 0 Å². The first-order valence-electron chi connectivity index (χ1n) is 6.83. The minimum atomic E-state index is -0.294. The molecule has 0 spiro atoms. The summed E-state index contributed by atoms with van der Waals surface area (Å²) in [6, 6.07) is 0.181. The lowest BCUT2D eigenvalue weighted by Crippen LogP contribution is -2.52. The normalized spacial score (nSPS) is 21.9. The van der Waals surface area contributed by atoms with Crippen molar-refractivity contribution in [2.24, 2.45) is 16.6 Å². The second kappa shape index (κ2) is 5.38. The van der Waals surface area contributed by atoms with Gasteiger partial charge in [0.25, 0.3) is 0 Å². The van der Waals surface area contributed by atoms with E-state index in [2.05, 4.69) is 33.0 Å². The first-order chi connectivity index (χ1) is 7.82. The van der Waals surface area contributed by atoms with Gasteiger partial charge >= 0.3 is 0 Å². The molecule has 3 nitrogen and oxygen atoms in total. The lowest BCUT2D eigenvalue weighted by molar-refractivity contribution is -0.133. The summed E-state index contributed by atoms with van der Waals surface area (Å²) in [7, 11) is 0. The second-order valence-corrected chi connectivity index (χ2v) is 6.61. The Hall–Kier alpha value is -0.570. The van der Waals surface area contributed by atoms with Gasteiger partial charge in [0.05, 0.1) is 5.41 Å². The van der Waals surface area contributed by atoms with Gasteiger partial charge in [-0.1, -0.05) is 40.0 Å². The molecule has 1 amide bonds. The maximum absolute atomic E-state index is 12.4. The Morgan fingerprint density at radius 1 is 1.29 bits per heavy atom. The van der Waals surface area contributed by atoms with Gasteiger partial charge in [-0.3, -0.25) is 4.79 Å². The molecule has 1 saturated carbocycles. The third kappa shape index (κ3) is 3.44. The van der Waals surface area contributed by atoms with E-state index in [9.17, 15) is 4.79 Å². The van der Waals surface area contributed by atoms with Crippen LogP contribution in [0.5, 0.6) is 0 Å². The summed E-state index contributed by atoms with van der Waals surface area (Å²) in [5.74, 6) is 0.169. The molecular weight excluding hydrogens is 212 g/mol. The average molecular weight is 240 g/mol. The number of carbonyl (C=O) groups excluding carboxylic acids is 1. The van der Waals surface area contributed by atoms with Crippen LogP contribution in [0.3, 0.4) is 0 Å². The summed E-state index contributed by atoms with van der Waals surface area (Å²) in [5, 5.41) is 3.16. The molecule has 1 unspecified atom stereocenters. The molecule has 0 aliphatic heterocycles. The van der Waals surface area contributed by atoms with Gasteiger partial charge in [0.15, 0.2) is 0 Å². The average Bonchev–Trinajstić information content (AvgIpc) is 2.28. The molecule has 0 aromatic rings. The maximum Gasteiger partial charge on any atom is 0.227 e. The van der Waals surface area contributed by atoms with Crippen molar-refractivity contribution in [3.63, 3.8) is 0 Å². The van der Waals surface area contributed by atoms with Crippen LogP contribution < -0.4 is 11.1 Å². The number of nitrogens with two attached hydrogens (primary N) is 1. The molecule has 0 aromatic heterocycles. The van der Waals surface area contributed by atoms with Crippen molar-refractivity contribution in [1.29, 1.82) is 0 Å². The summed E-state index contributed by atoms with van der Waals surface area (Å²) in [4.78, 5) is 12.4. The van der Waals surface area contributed by atoms with Gasteiger partial charge in [0.1, 0.15) is 0 Å². The molecule has 0 heterocycles. The molecule has 17 heavy (non-hydrogen) atoms. The van der Waals surface area contributed by atoms with Crippen molar-refractivity contribution in [2.75, 3.05) is 6.54 Å². The van der Waals surface area contributed by atoms with Crippen molar-refractivity contribution in [1.82, 2.24) is 5.32 Å². The number of hydrogen-bond donors (Lipinski definition) is 2. The zero-order chi connectivity index (χ0) is 13.1. The van der Waals surface area contributed by atoms with Gasteiger partial charge in [0.2, 0.25) is 5.91 Å². The highest BCUT2D eigenvalue weighted by atomic mass is 16.2. The van der Waals surface area contributed by atoms with Crippen LogP contribution in [0.4, 0.5) is 0 Å². The Bertz CT molecular complexity index is 262. The van der Waals surface area contributed by atoms with Crippen LogP contribution in [0.2, 0.25) is 0 Å². The van der Waals surface area contributed by atoms with Crippen molar-refractivity contribution >= 4 is 5.91 Å². The van der Waals surface area contributed by atoms with Crippen molar-refractivity contribution < 1.29 is 4.79 Å². The summed E-state index contributed by atoms with van der Waals surface area (Å²) >= 11 is 0. The fourth-order valence-electron chi connectivity index (χ4n) is 2.32. The standard InChI is InChI=1S/C14H28N2O/c1-11(13(2,3)4)16-12(17)14(10-15)8-6-5-7-9-14/h11H,5-10,15H2,1-4H3,(H,16,17). The Labute approximate surface area is 106 Å². The zero-order valence-corrected chi connectivity index (χ0v) is 11.8. The molecule has 3 heteroatoms. The van der Waals surface area contributed by atoms with E-state index < -0.39 is 0 Å². The minimum Gasteiger partial charge on any atom is -0.353 e. The molecular formula is C14H28N2O. The van der Waals surface area contributed by atoms with Crippen molar-refractivity contribution in [3.8, 4) is 0 Å². The van der Waals surface area contributed by atoms with Crippen LogP contribution in [-0.2, 0) is 4.79 Å². The van der Waals surface area contributed by atoms with Crippen LogP contribution in [0.15, 0.2) is 0 Å². The van der Waals surface area contributed by atoms with Gasteiger partial charge in [-0.15, -0.1) is 0 Å². The fraction of sp³-hybridized carbons (Fsp3) is 0.929. The molecule has 100 valence electrons. The van der Waals surface area contributed by atoms with Gasteiger partial charge in [-0.2, -0.15) is 0 Å². The minimum absolute atomic E-state index is 0.0973. The largest absolute Gasteiger partial charge is 0.353 e. The van der Waals surface area contributed by atoms with E-state index in [-0.39, 0.29) is 22.8 Å². The second-order valence-electron chi connectivity index (χ2n) is 6.61. The molecule has 1 fully saturated rings. The lowest BCUT2D eigenvalue weighted by Gasteiger charge is -2.38. The van der Waals surface area contributed by atoms with E-state index in [1.54, 1.807) is 0 Å². The molecule has 3 N–H and O–H groups in total. The Balaban J connectivity index is 2.67. The number of hydrogen-bond acceptors (Lipinski definition) is 2. The van der Waals surface area contributed by atoms with Crippen molar-refractivity contribution in [3.05, 3.63) is 0 Å². The summed E-state index contributed by atoms with van der Waals surface area (Å²) in [6.45, 7) is 9.00. The van der Waals surface area contributed by atoms with Gasteiger partial charge in [-0.25, -0.2) is 0 Å². The summed E-state index contributed by atoms with van der Waals surface area (Å²) in [5.41, 5.74) is 5.67. The van der Waals surface area contributed by atoms with Gasteiger partial charge < -0.3 is 11.1 Å². The predicted octanol–water partition coefficient (Wildman–Crippen LogP) is 2.45. The highest BCUT2D eigenvalue weighted by Crippen LogP contribution is 2.36. The Morgan fingerprint density at radius 3 is 2.24 bits per heavy atom. The van der Waals surface area contributed by atoms with Gasteiger partial charge in [-0.05, 0) is 25.2 Å². The highest BCUT2D eigenvalue weighted by molar-refractivity contribution is 5.83. The first kappa shape index (κ1) is 14.5. The SMILES string of the molecule is CC(NC(=O)C1(CN)CCCCC1)C(C)(C)C. The van der Waals surface area contributed by atoms with Gasteiger partial charge in [0, 0.05) is 12.6 Å². The van der Waals surface area contributed by atoms with Crippen molar-refractivity contribution in [2.45, 2.75) is 65.8 Å². The molecule has 1 rings (SSSR count). The molecule has 0 aromatic carbocycles. The zero-order valence-electron chi connectivity index (χ0n) is 11.8. The van der Waals surface area contributed by atoms with E-state index in [4.69, 9.17) is 5.73 Å². The summed E-state index contributed by atoms with van der Waals surface area (Å²) < 4.78 is 0. The summed E-state index contributed by atoms with van der Waals surface area (Å²) in [6.07, 6.45) is 5.41. The number of rotatable bonds is 3. The highest BCUT2D eigenvalue weighted by Gasteiger charge is 2.39. The lowest BCUT2D eigenvalue weighted by atomic mass is 9.73. The predicted molar refractivity (Wildman–Crippen MR) is 71.6 cm³/mol. The number of carbonyl (C=O) groups is 1. The first-order valence-corrected chi connectivity index (χ1v) is 6.83. The van der Waals surface area contributed by atoms with Crippen LogP contribution >= 0.6 is 0 Å². The quantitative estimate of drug-likeness (QED) is 0.796. The van der Waals surface area contributed by atoms with Crippen LogP contribution in [0.25, 0.3) is 0 Å². The van der Waals surface area contributed by atoms with Crippen LogP contribution in [-0.4, -0.2) is 18.5 Å². The van der Waals surface area contributed by atoms with E-state index in [0.29, 0.717) is 6.54 Å². The Morgan fingerprint density at radius 2 is 1.82 bits per heavy atom. The monoisotopic (exact) mass is 240 g/mol. The molecule has 0 bridgehead atoms. The Kier molecular flexibility index (Phi) is 4.59. The molecule has 1 aliphatic rings. The van der Waals surface area contributed by atoms with E-state index in [0.717, 1.165) is 25.7 Å². The number of nitrogens with one attached hydrogen (secondary N) is 1. The smallest absolute Gasteiger partial charge is 0.227 e. The van der Waals surface area contributed by atoms with Crippen LogP contribution in [0.1, 0.15) is 59.8 Å². The number of amides is 1. The fourth-order valence-corrected chi connectivity index (χ4v) is 2.32. The van der Waals surface area contributed by atoms with Crippen LogP contribution in [0, 0.1) is 10.8 Å². The molecule has 1 aliphatic carbocycles. The molecule has 0 radical (unpaired) electrons. The van der Waals surface area contributed by atoms with E-state index in [1.165, 1.54) is 6.42 Å². The molecule has 1 atom stereocenters. The topological polar surface area (TPSA) is 55.1 Å². The van der Waals surface area contributed by atoms with E-state index >= 15 is 0 Å². The maximum atomic E-state index is 12.4.